The van der Waals surface area contributed by atoms with Gasteiger partial charge in [0.1, 0.15) is 5.25 Å². The highest BCUT2D eigenvalue weighted by Gasteiger charge is 2.24. The fourth-order valence-electron chi connectivity index (χ4n) is 2.17. The van der Waals surface area contributed by atoms with Gasteiger partial charge in [-0.3, -0.25) is 14.9 Å². The molecule has 2 N–H and O–H groups in total. The van der Waals surface area contributed by atoms with Crippen molar-refractivity contribution in [3.8, 4) is 0 Å². The Kier molecular flexibility index (Phi) is 8.38. The molecule has 7 heteroatoms. The molecule has 3 amide bonds. The van der Waals surface area contributed by atoms with Crippen molar-refractivity contribution in [2.45, 2.75) is 23.5 Å². The van der Waals surface area contributed by atoms with Gasteiger partial charge >= 0.3 is 12.0 Å². The zero-order chi connectivity index (χ0) is 19.5. The summed E-state index contributed by atoms with van der Waals surface area (Å²) < 4.78 is 5.15. The van der Waals surface area contributed by atoms with Gasteiger partial charge in [0.25, 0.3) is 5.91 Å². The maximum absolute atomic E-state index is 12.6. The van der Waals surface area contributed by atoms with E-state index in [0.29, 0.717) is 6.54 Å². The number of benzene rings is 2. The van der Waals surface area contributed by atoms with E-state index in [1.165, 1.54) is 11.8 Å². The van der Waals surface area contributed by atoms with Crippen LogP contribution in [0.1, 0.15) is 24.2 Å². The van der Waals surface area contributed by atoms with Crippen LogP contribution in [-0.4, -0.2) is 31.1 Å². The van der Waals surface area contributed by atoms with Crippen molar-refractivity contribution >= 4 is 29.7 Å². The minimum atomic E-state index is -0.673. The highest BCUT2D eigenvalue weighted by Crippen LogP contribution is 2.36. The number of ether oxygens (including phenoxy) is 1. The van der Waals surface area contributed by atoms with Crippen molar-refractivity contribution in [3.05, 3.63) is 66.2 Å². The first-order valence-corrected chi connectivity index (χ1v) is 9.49. The van der Waals surface area contributed by atoms with Gasteiger partial charge in [0.05, 0.1) is 0 Å². The number of rotatable bonds is 8. The van der Waals surface area contributed by atoms with Crippen molar-refractivity contribution in [1.82, 2.24) is 10.6 Å². The average Bonchev–Trinajstić information content (AvgIpc) is 2.70. The van der Waals surface area contributed by atoms with E-state index in [9.17, 15) is 14.4 Å². The van der Waals surface area contributed by atoms with Crippen LogP contribution in [0.15, 0.2) is 65.6 Å². The highest BCUT2D eigenvalue weighted by molar-refractivity contribution is 8.00. The maximum Gasteiger partial charge on any atom is 0.324 e. The van der Waals surface area contributed by atoms with Gasteiger partial charge in [-0.2, -0.15) is 0 Å². The van der Waals surface area contributed by atoms with Crippen molar-refractivity contribution in [1.29, 1.82) is 0 Å². The van der Waals surface area contributed by atoms with E-state index in [1.807, 2.05) is 67.6 Å². The third-order valence-corrected chi connectivity index (χ3v) is 4.69. The molecule has 2 rings (SSSR count). The molecule has 0 bridgehead atoms. The number of hydrogen-bond acceptors (Lipinski definition) is 5. The summed E-state index contributed by atoms with van der Waals surface area (Å²) >= 11 is 1.34. The van der Waals surface area contributed by atoms with Crippen LogP contribution in [0.2, 0.25) is 0 Å². The first-order chi connectivity index (χ1) is 13.1. The lowest BCUT2D eigenvalue weighted by molar-refractivity contribution is -0.147. The van der Waals surface area contributed by atoms with Crippen LogP contribution in [0.3, 0.4) is 0 Å². The van der Waals surface area contributed by atoms with Crippen molar-refractivity contribution < 1.29 is 19.1 Å². The largest absolute Gasteiger partial charge is 0.454 e. The lowest BCUT2D eigenvalue weighted by atomic mass is 10.1. The summed E-state index contributed by atoms with van der Waals surface area (Å²) in [6, 6.07) is 18.1. The van der Waals surface area contributed by atoms with Gasteiger partial charge in [0, 0.05) is 11.4 Å². The second-order valence-electron chi connectivity index (χ2n) is 5.63. The number of imide groups is 1. The summed E-state index contributed by atoms with van der Waals surface area (Å²) in [6.45, 7) is 1.85. The molecule has 0 spiro atoms. The Bertz CT molecular complexity index is 753. The maximum atomic E-state index is 12.6. The standard InChI is InChI=1S/C20H22N2O4S/c1-2-13-21-20(25)22-17(23)14-26-19(24)18(15-9-5-3-6-10-15)27-16-11-7-4-8-12-16/h3-12,18H,2,13-14H2,1H3,(H2,21,22,23,25)/t18-/m1/s1. The number of urea groups is 1. The zero-order valence-electron chi connectivity index (χ0n) is 15.0. The van der Waals surface area contributed by atoms with Crippen LogP contribution in [0.4, 0.5) is 4.79 Å². The van der Waals surface area contributed by atoms with Crippen LogP contribution in [-0.2, 0) is 14.3 Å². The second kappa shape index (κ2) is 11.0. The molecule has 1 atom stereocenters. The predicted molar refractivity (Wildman–Crippen MR) is 104 cm³/mol. The van der Waals surface area contributed by atoms with Crippen LogP contribution >= 0.6 is 11.8 Å². The molecule has 142 valence electrons. The molecule has 0 radical (unpaired) electrons. The molecule has 2 aromatic carbocycles. The van der Waals surface area contributed by atoms with E-state index < -0.39 is 29.8 Å². The number of carbonyl (C=O) groups is 3. The van der Waals surface area contributed by atoms with E-state index in [4.69, 9.17) is 4.74 Å². The van der Waals surface area contributed by atoms with Crippen LogP contribution < -0.4 is 10.6 Å². The number of nitrogens with one attached hydrogen (secondary N) is 2. The monoisotopic (exact) mass is 386 g/mol. The summed E-state index contributed by atoms with van der Waals surface area (Å²) in [5, 5.41) is 4.03. The molecule has 0 aliphatic heterocycles. The normalized spacial score (nSPS) is 11.3. The molecule has 2 aromatic rings. The average molecular weight is 386 g/mol. The van der Waals surface area contributed by atoms with Crippen LogP contribution in [0.25, 0.3) is 0 Å². The smallest absolute Gasteiger partial charge is 0.324 e. The molecule has 0 aliphatic carbocycles. The van der Waals surface area contributed by atoms with Gasteiger partial charge in [0.2, 0.25) is 0 Å². The summed E-state index contributed by atoms with van der Waals surface area (Å²) in [7, 11) is 0. The van der Waals surface area contributed by atoms with Crippen LogP contribution in [0, 0.1) is 0 Å². The fourth-order valence-corrected chi connectivity index (χ4v) is 3.22. The quantitative estimate of drug-likeness (QED) is 0.537. The molecule has 0 fully saturated rings. The van der Waals surface area contributed by atoms with Crippen LogP contribution in [0.5, 0.6) is 0 Å². The molecule has 0 saturated carbocycles. The SMILES string of the molecule is CCCNC(=O)NC(=O)COC(=O)[C@H](Sc1ccccc1)c1ccccc1. The van der Waals surface area contributed by atoms with Gasteiger partial charge in [-0.1, -0.05) is 55.5 Å². The summed E-state index contributed by atoms with van der Waals surface area (Å²) in [5.41, 5.74) is 0.775. The molecule has 0 aromatic heterocycles. The Balaban J connectivity index is 1.97. The van der Waals surface area contributed by atoms with E-state index >= 15 is 0 Å². The molecule has 27 heavy (non-hydrogen) atoms. The predicted octanol–water partition coefficient (Wildman–Crippen LogP) is 3.30. The third kappa shape index (κ3) is 7.15. The molecule has 0 heterocycles. The van der Waals surface area contributed by atoms with Gasteiger partial charge in [0.15, 0.2) is 6.61 Å². The fraction of sp³-hybridized carbons (Fsp3) is 0.250. The summed E-state index contributed by atoms with van der Waals surface area (Å²) in [6.07, 6.45) is 0.756. The highest BCUT2D eigenvalue weighted by atomic mass is 32.2. The van der Waals surface area contributed by atoms with Crippen molar-refractivity contribution in [3.63, 3.8) is 0 Å². The molecule has 0 saturated heterocycles. The lowest BCUT2D eigenvalue weighted by Crippen LogP contribution is -2.41. The van der Waals surface area contributed by atoms with E-state index in [-0.39, 0.29) is 0 Å². The van der Waals surface area contributed by atoms with Gasteiger partial charge < -0.3 is 10.1 Å². The number of esters is 1. The Morgan fingerprint density at radius 1 is 1.00 bits per heavy atom. The molecular formula is C20H22N2O4S. The Hall–Kier alpha value is -2.80. The van der Waals surface area contributed by atoms with E-state index in [1.54, 1.807) is 0 Å². The molecule has 0 unspecified atom stereocenters. The number of thioether (sulfide) groups is 1. The van der Waals surface area contributed by atoms with E-state index in [2.05, 4.69) is 10.6 Å². The summed E-state index contributed by atoms with van der Waals surface area (Å²) in [5.74, 6) is -1.22. The number of amides is 3. The second-order valence-corrected chi connectivity index (χ2v) is 6.81. The van der Waals surface area contributed by atoms with E-state index in [0.717, 1.165) is 16.9 Å². The van der Waals surface area contributed by atoms with Crippen molar-refractivity contribution in [2.75, 3.05) is 13.2 Å². The molecule has 6 nitrogen and oxygen atoms in total. The first-order valence-electron chi connectivity index (χ1n) is 8.61. The first kappa shape index (κ1) is 20.5. The van der Waals surface area contributed by atoms with Gasteiger partial charge in [-0.05, 0) is 24.1 Å². The molecule has 0 aliphatic rings. The lowest BCUT2D eigenvalue weighted by Gasteiger charge is -2.16. The number of hydrogen-bond donors (Lipinski definition) is 2. The summed E-state index contributed by atoms with van der Waals surface area (Å²) in [4.78, 5) is 36.7. The van der Waals surface area contributed by atoms with Gasteiger partial charge in [-0.25, -0.2) is 4.79 Å². The van der Waals surface area contributed by atoms with Crippen molar-refractivity contribution in [2.24, 2.45) is 0 Å². The van der Waals surface area contributed by atoms with Gasteiger partial charge in [-0.15, -0.1) is 11.8 Å². The third-order valence-electron chi connectivity index (χ3n) is 3.45. The minimum Gasteiger partial charge on any atom is -0.454 e. The Morgan fingerprint density at radius 3 is 2.26 bits per heavy atom. The molecular weight excluding hydrogens is 364 g/mol. The topological polar surface area (TPSA) is 84.5 Å². The Labute approximate surface area is 162 Å². The minimum absolute atomic E-state index is 0.461. The zero-order valence-corrected chi connectivity index (χ0v) is 15.8. The Morgan fingerprint density at radius 2 is 1.63 bits per heavy atom. The number of carbonyl (C=O) groups excluding carboxylic acids is 3.